The summed E-state index contributed by atoms with van der Waals surface area (Å²) < 4.78 is 0. The first-order chi connectivity index (χ1) is 3.55. The third kappa shape index (κ3) is 2.28. The van der Waals surface area contributed by atoms with E-state index in [-0.39, 0.29) is 5.92 Å². The van der Waals surface area contributed by atoms with Crippen LogP contribution in [0.25, 0.3) is 0 Å². The third-order valence-electron chi connectivity index (χ3n) is 1.18. The van der Waals surface area contributed by atoms with Gasteiger partial charge in [-0.1, -0.05) is 13.8 Å². The van der Waals surface area contributed by atoms with E-state index in [9.17, 15) is 0 Å². The van der Waals surface area contributed by atoms with Crippen molar-refractivity contribution in [3.8, 4) is 0 Å². The topological polar surface area (TPSA) is 40.5 Å². The van der Waals surface area contributed by atoms with E-state index in [1.54, 1.807) is 6.92 Å². The lowest BCUT2D eigenvalue weighted by Crippen LogP contribution is -2.27. The highest BCUT2D eigenvalue weighted by Crippen LogP contribution is 2.04. The van der Waals surface area contributed by atoms with Gasteiger partial charge in [-0.2, -0.15) is 0 Å². The molecule has 2 heteroatoms. The lowest BCUT2D eigenvalue weighted by molar-refractivity contribution is 0.00273. The SMILES string of the molecule is CC(C)C(O)[C@H](C)O. The van der Waals surface area contributed by atoms with Gasteiger partial charge in [0.05, 0.1) is 12.2 Å². The molecule has 0 aromatic heterocycles. The van der Waals surface area contributed by atoms with Crippen LogP contribution in [0, 0.1) is 5.92 Å². The lowest BCUT2D eigenvalue weighted by Gasteiger charge is -2.16. The number of aliphatic hydroxyl groups excluding tert-OH is 2. The van der Waals surface area contributed by atoms with E-state index in [2.05, 4.69) is 0 Å². The molecule has 0 aliphatic heterocycles. The van der Waals surface area contributed by atoms with Gasteiger partial charge in [-0.15, -0.1) is 0 Å². The first kappa shape index (κ1) is 7.92. The molecule has 0 fully saturated rings. The summed E-state index contributed by atoms with van der Waals surface area (Å²) in [6.45, 7) is 5.33. The Bertz CT molecular complexity index is 51.5. The molecule has 0 aliphatic carbocycles. The maximum absolute atomic E-state index is 8.95. The molecule has 0 spiro atoms. The standard InChI is InChI=1S/C6H14O2/c1-4(2)6(8)5(3)7/h4-8H,1-3H3/t5-,6?/m0/s1. The minimum absolute atomic E-state index is 0.148. The fraction of sp³-hybridized carbons (Fsp3) is 1.00. The molecule has 0 saturated heterocycles. The van der Waals surface area contributed by atoms with Gasteiger partial charge in [0.15, 0.2) is 0 Å². The van der Waals surface area contributed by atoms with Crippen LogP contribution in [0.5, 0.6) is 0 Å². The van der Waals surface area contributed by atoms with Crippen LogP contribution in [0.2, 0.25) is 0 Å². The van der Waals surface area contributed by atoms with Crippen LogP contribution in [-0.4, -0.2) is 22.4 Å². The van der Waals surface area contributed by atoms with Crippen molar-refractivity contribution in [3.05, 3.63) is 0 Å². The van der Waals surface area contributed by atoms with Gasteiger partial charge in [0.25, 0.3) is 0 Å². The summed E-state index contributed by atoms with van der Waals surface area (Å²) in [5.41, 5.74) is 0. The summed E-state index contributed by atoms with van der Waals surface area (Å²) in [7, 11) is 0. The van der Waals surface area contributed by atoms with Crippen LogP contribution >= 0.6 is 0 Å². The molecule has 1 unspecified atom stereocenters. The predicted octanol–water partition coefficient (Wildman–Crippen LogP) is 0.384. The van der Waals surface area contributed by atoms with Crippen molar-refractivity contribution >= 4 is 0 Å². The second-order valence-electron chi connectivity index (χ2n) is 2.48. The fourth-order valence-electron chi connectivity index (χ4n) is 0.557. The molecule has 0 aliphatic rings. The highest BCUT2D eigenvalue weighted by Gasteiger charge is 2.13. The molecule has 50 valence electrons. The van der Waals surface area contributed by atoms with E-state index in [0.717, 1.165) is 0 Å². The zero-order valence-corrected chi connectivity index (χ0v) is 5.63. The Morgan fingerprint density at radius 1 is 1.00 bits per heavy atom. The molecule has 0 aromatic rings. The van der Waals surface area contributed by atoms with E-state index in [4.69, 9.17) is 10.2 Å². The fourth-order valence-corrected chi connectivity index (χ4v) is 0.557. The van der Waals surface area contributed by atoms with Crippen LogP contribution in [0.15, 0.2) is 0 Å². The van der Waals surface area contributed by atoms with Gasteiger partial charge in [0.1, 0.15) is 0 Å². The first-order valence-electron chi connectivity index (χ1n) is 2.92. The van der Waals surface area contributed by atoms with Crippen molar-refractivity contribution in [2.45, 2.75) is 33.0 Å². The van der Waals surface area contributed by atoms with E-state index in [1.807, 2.05) is 13.8 Å². The molecular formula is C6H14O2. The summed E-state index contributed by atoms with van der Waals surface area (Å²) in [6, 6.07) is 0. The zero-order valence-electron chi connectivity index (χ0n) is 5.63. The largest absolute Gasteiger partial charge is 0.391 e. The molecule has 2 N–H and O–H groups in total. The molecule has 0 heterocycles. The summed E-state index contributed by atoms with van der Waals surface area (Å²) in [4.78, 5) is 0. The van der Waals surface area contributed by atoms with Gasteiger partial charge >= 0.3 is 0 Å². The molecule has 0 amide bonds. The smallest absolute Gasteiger partial charge is 0.0819 e. The monoisotopic (exact) mass is 118 g/mol. The van der Waals surface area contributed by atoms with E-state index < -0.39 is 12.2 Å². The van der Waals surface area contributed by atoms with Crippen molar-refractivity contribution in [2.24, 2.45) is 5.92 Å². The number of aliphatic hydroxyl groups is 2. The van der Waals surface area contributed by atoms with Gasteiger partial charge in [0.2, 0.25) is 0 Å². The average Bonchev–Trinajstić information content (AvgIpc) is 1.64. The van der Waals surface area contributed by atoms with E-state index in [1.165, 1.54) is 0 Å². The van der Waals surface area contributed by atoms with Crippen LogP contribution in [0.1, 0.15) is 20.8 Å². The summed E-state index contributed by atoms with van der Waals surface area (Å²) >= 11 is 0. The van der Waals surface area contributed by atoms with Crippen LogP contribution < -0.4 is 0 Å². The van der Waals surface area contributed by atoms with Gasteiger partial charge < -0.3 is 10.2 Å². The van der Waals surface area contributed by atoms with Crippen molar-refractivity contribution in [2.75, 3.05) is 0 Å². The van der Waals surface area contributed by atoms with Crippen molar-refractivity contribution in [1.29, 1.82) is 0 Å². The Morgan fingerprint density at radius 3 is 1.38 bits per heavy atom. The van der Waals surface area contributed by atoms with Gasteiger partial charge in [-0.3, -0.25) is 0 Å². The Morgan fingerprint density at radius 2 is 1.38 bits per heavy atom. The van der Waals surface area contributed by atoms with Gasteiger partial charge in [-0.25, -0.2) is 0 Å². The second-order valence-corrected chi connectivity index (χ2v) is 2.48. The summed E-state index contributed by atoms with van der Waals surface area (Å²) in [6.07, 6.45) is -1.18. The molecular weight excluding hydrogens is 104 g/mol. The average molecular weight is 118 g/mol. The van der Waals surface area contributed by atoms with E-state index in [0.29, 0.717) is 0 Å². The number of hydrogen-bond donors (Lipinski definition) is 2. The Labute approximate surface area is 50.2 Å². The molecule has 8 heavy (non-hydrogen) atoms. The van der Waals surface area contributed by atoms with Crippen molar-refractivity contribution in [1.82, 2.24) is 0 Å². The van der Waals surface area contributed by atoms with Crippen LogP contribution in [-0.2, 0) is 0 Å². The second kappa shape index (κ2) is 3.05. The zero-order chi connectivity index (χ0) is 6.73. The first-order valence-corrected chi connectivity index (χ1v) is 2.92. The highest BCUT2D eigenvalue weighted by atomic mass is 16.3. The molecule has 0 rings (SSSR count). The number of rotatable bonds is 2. The summed E-state index contributed by atoms with van der Waals surface area (Å²) in [5, 5.41) is 17.7. The quantitative estimate of drug-likeness (QED) is 0.550. The maximum Gasteiger partial charge on any atom is 0.0819 e. The normalized spacial score (nSPS) is 18.8. The maximum atomic E-state index is 8.95. The third-order valence-corrected chi connectivity index (χ3v) is 1.18. The molecule has 0 saturated carbocycles. The molecule has 0 radical (unpaired) electrons. The minimum Gasteiger partial charge on any atom is -0.391 e. The highest BCUT2D eigenvalue weighted by molar-refractivity contribution is 4.64. The van der Waals surface area contributed by atoms with E-state index >= 15 is 0 Å². The lowest BCUT2D eigenvalue weighted by atomic mass is 10.0. The minimum atomic E-state index is -0.602. The van der Waals surface area contributed by atoms with Crippen molar-refractivity contribution in [3.63, 3.8) is 0 Å². The summed E-state index contributed by atoms with van der Waals surface area (Å²) in [5.74, 6) is 0.148. The number of hydrogen-bond acceptors (Lipinski definition) is 2. The molecule has 2 nitrogen and oxygen atoms in total. The Hall–Kier alpha value is -0.0800. The molecule has 0 bridgehead atoms. The molecule has 2 atom stereocenters. The van der Waals surface area contributed by atoms with Crippen LogP contribution in [0.4, 0.5) is 0 Å². The molecule has 0 aromatic carbocycles. The Balaban J connectivity index is 3.46. The van der Waals surface area contributed by atoms with Crippen LogP contribution in [0.3, 0.4) is 0 Å². The predicted molar refractivity (Wildman–Crippen MR) is 32.5 cm³/mol. The van der Waals surface area contributed by atoms with Gasteiger partial charge in [0, 0.05) is 0 Å². The van der Waals surface area contributed by atoms with Gasteiger partial charge in [-0.05, 0) is 12.8 Å². The van der Waals surface area contributed by atoms with Crippen molar-refractivity contribution < 1.29 is 10.2 Å². The Kier molecular flexibility index (Phi) is 3.02.